The molecule has 0 radical (unpaired) electrons. The number of aromatic nitrogens is 4. The van der Waals surface area contributed by atoms with Crippen LogP contribution in [-0.4, -0.2) is 40.5 Å². The number of carbonyl (C=O) groups excluding carboxylic acids is 1. The molecule has 12 heteroatoms. The van der Waals surface area contributed by atoms with Gasteiger partial charge in [-0.2, -0.15) is 5.10 Å². The molecule has 1 N–H and O–H groups in total. The number of aryl methyl sites for hydroxylation is 1. The van der Waals surface area contributed by atoms with Crippen molar-refractivity contribution < 1.29 is 13.2 Å². The van der Waals surface area contributed by atoms with Crippen molar-refractivity contribution in [3.63, 3.8) is 0 Å². The largest absolute Gasteiger partial charge is 0.306 e. The maximum Gasteiger partial charge on any atom is 0.296 e. The fourth-order valence-corrected chi connectivity index (χ4v) is 6.35. The third-order valence-corrected chi connectivity index (χ3v) is 9.60. The van der Waals surface area contributed by atoms with Crippen molar-refractivity contribution in [3.8, 4) is 11.4 Å². The van der Waals surface area contributed by atoms with Gasteiger partial charge in [0.15, 0.2) is 0 Å². The molecule has 44 heavy (non-hydrogen) atoms. The number of nitrogens with one attached hydrogen (secondary N) is 1. The quantitative estimate of drug-likeness (QED) is 0.231. The van der Waals surface area contributed by atoms with Gasteiger partial charge in [-0.3, -0.25) is 18.6 Å². The van der Waals surface area contributed by atoms with Crippen molar-refractivity contribution in [1.82, 2.24) is 19.1 Å². The molecule has 5 aromatic rings. The molecule has 10 nitrogen and oxygen atoms in total. The Bertz CT molecular complexity index is 2030. The van der Waals surface area contributed by atoms with Gasteiger partial charge in [0.1, 0.15) is 11.5 Å². The third-order valence-electron chi connectivity index (χ3n) is 7.52. The number of rotatable bonds is 8. The van der Waals surface area contributed by atoms with E-state index in [2.05, 4.69) is 10.4 Å². The fourth-order valence-electron chi connectivity index (χ4n) is 4.87. The van der Waals surface area contributed by atoms with Gasteiger partial charge < -0.3 is 5.32 Å². The number of anilines is 2. The highest BCUT2D eigenvalue weighted by Crippen LogP contribution is 2.28. The van der Waals surface area contributed by atoms with Crippen LogP contribution < -0.4 is 15.2 Å². The van der Waals surface area contributed by atoms with E-state index in [0.29, 0.717) is 17.2 Å². The van der Waals surface area contributed by atoms with Gasteiger partial charge >= 0.3 is 0 Å². The Balaban J connectivity index is 1.50. The van der Waals surface area contributed by atoms with E-state index in [9.17, 15) is 18.0 Å². The molecule has 0 saturated carbocycles. The molecule has 1 amide bonds. The molecule has 0 unspecified atom stereocenters. The predicted molar refractivity (Wildman–Crippen MR) is 173 cm³/mol. The van der Waals surface area contributed by atoms with Gasteiger partial charge in [0, 0.05) is 20.2 Å². The minimum Gasteiger partial charge on any atom is -0.306 e. The summed E-state index contributed by atoms with van der Waals surface area (Å²) in [6.45, 7) is 7.65. The lowest BCUT2D eigenvalue weighted by molar-refractivity contribution is 0.102. The van der Waals surface area contributed by atoms with Crippen LogP contribution in [0.15, 0.2) is 88.6 Å². The number of nitrogens with zero attached hydrogens (tertiary/aromatic N) is 5. The van der Waals surface area contributed by atoms with Crippen LogP contribution in [0.25, 0.3) is 11.4 Å². The van der Waals surface area contributed by atoms with Gasteiger partial charge in [0.05, 0.1) is 38.2 Å². The zero-order valence-electron chi connectivity index (χ0n) is 25.2. The van der Waals surface area contributed by atoms with Gasteiger partial charge in [0.2, 0.25) is 0 Å². The Kier molecular flexibility index (Phi) is 8.28. The van der Waals surface area contributed by atoms with Crippen LogP contribution in [0.3, 0.4) is 0 Å². The molecule has 0 saturated heterocycles. The summed E-state index contributed by atoms with van der Waals surface area (Å²) in [5.74, 6) is -0.108. The Morgan fingerprint density at radius 2 is 1.61 bits per heavy atom. The zero-order valence-corrected chi connectivity index (χ0v) is 26.8. The van der Waals surface area contributed by atoms with Crippen molar-refractivity contribution in [2.24, 2.45) is 7.05 Å². The van der Waals surface area contributed by atoms with Crippen LogP contribution >= 0.6 is 11.6 Å². The number of para-hydroxylation sites is 1. The summed E-state index contributed by atoms with van der Waals surface area (Å²) < 4.78 is 33.3. The number of halogens is 1. The summed E-state index contributed by atoms with van der Waals surface area (Å²) in [7, 11) is -1.28. The highest BCUT2D eigenvalue weighted by molar-refractivity contribution is 7.92. The number of hydrogen-bond acceptors (Lipinski definition) is 5. The first-order chi connectivity index (χ1) is 20.8. The first kappa shape index (κ1) is 30.8. The molecule has 2 heterocycles. The lowest BCUT2D eigenvalue weighted by Gasteiger charge is -2.19. The van der Waals surface area contributed by atoms with E-state index in [1.54, 1.807) is 53.7 Å². The first-order valence-electron chi connectivity index (χ1n) is 13.9. The number of benzene rings is 3. The van der Waals surface area contributed by atoms with Gasteiger partial charge in [-0.05, 0) is 62.2 Å². The molecule has 0 fully saturated rings. The first-order valence-corrected chi connectivity index (χ1v) is 15.7. The van der Waals surface area contributed by atoms with E-state index in [0.717, 1.165) is 21.2 Å². The molecule has 0 aliphatic heterocycles. The Hall–Kier alpha value is -4.61. The van der Waals surface area contributed by atoms with Gasteiger partial charge in [0.25, 0.3) is 21.5 Å². The minimum atomic E-state index is -4.28. The van der Waals surface area contributed by atoms with Crippen molar-refractivity contribution >= 4 is 39.0 Å². The predicted octanol–water partition coefficient (Wildman–Crippen LogP) is 5.83. The second-order valence-corrected chi connectivity index (χ2v) is 13.2. The number of hydrogen-bond donors (Lipinski definition) is 1. The van der Waals surface area contributed by atoms with Gasteiger partial charge in [-0.15, -0.1) is 0 Å². The third kappa shape index (κ3) is 5.56. The lowest BCUT2D eigenvalue weighted by atomic mass is 10.1. The Labute approximate surface area is 261 Å². The topological polar surface area (TPSA) is 111 Å². The Morgan fingerprint density at radius 1 is 0.955 bits per heavy atom. The summed E-state index contributed by atoms with van der Waals surface area (Å²) in [5.41, 5.74) is 3.08. The normalized spacial score (nSPS) is 11.6. The van der Waals surface area contributed by atoms with Crippen LogP contribution in [0.4, 0.5) is 11.5 Å². The number of amides is 1. The highest BCUT2D eigenvalue weighted by atomic mass is 35.5. The maximum atomic E-state index is 13.9. The van der Waals surface area contributed by atoms with E-state index in [1.165, 1.54) is 29.9 Å². The molecule has 0 spiro atoms. The molecule has 0 aliphatic carbocycles. The molecular formula is C32H33ClN6O4S. The summed E-state index contributed by atoms with van der Waals surface area (Å²) in [4.78, 5) is 26.9. The summed E-state index contributed by atoms with van der Waals surface area (Å²) in [5, 5.41) is 7.59. The Morgan fingerprint density at radius 3 is 2.25 bits per heavy atom. The number of carbonyl (C=O) groups is 1. The maximum absolute atomic E-state index is 13.9. The average Bonchev–Trinajstić information content (AvgIpc) is 3.51. The second-order valence-electron chi connectivity index (χ2n) is 10.8. The molecule has 2 aromatic heterocycles. The smallest absolute Gasteiger partial charge is 0.296 e. The van der Waals surface area contributed by atoms with E-state index >= 15 is 0 Å². The highest BCUT2D eigenvalue weighted by Gasteiger charge is 2.30. The van der Waals surface area contributed by atoms with E-state index in [1.807, 2.05) is 51.1 Å². The van der Waals surface area contributed by atoms with Crippen LogP contribution in [-0.2, 0) is 17.1 Å². The van der Waals surface area contributed by atoms with Crippen LogP contribution in [0, 0.1) is 13.8 Å². The van der Waals surface area contributed by atoms with Crippen LogP contribution in [0.1, 0.15) is 47.1 Å². The summed E-state index contributed by atoms with van der Waals surface area (Å²) in [6.07, 6.45) is 0. The lowest BCUT2D eigenvalue weighted by Crippen LogP contribution is -2.32. The number of sulfonamides is 1. The fraction of sp³-hybridized carbons (Fsp3) is 0.219. The van der Waals surface area contributed by atoms with Crippen LogP contribution in [0.2, 0.25) is 5.02 Å². The second kappa shape index (κ2) is 11.8. The monoisotopic (exact) mass is 632 g/mol. The van der Waals surface area contributed by atoms with Gasteiger partial charge in [-0.25, -0.2) is 17.8 Å². The van der Waals surface area contributed by atoms with Crippen molar-refractivity contribution in [2.45, 2.75) is 38.5 Å². The van der Waals surface area contributed by atoms with E-state index < -0.39 is 21.5 Å². The van der Waals surface area contributed by atoms with Crippen molar-refractivity contribution in [3.05, 3.63) is 117 Å². The molecule has 0 aliphatic rings. The van der Waals surface area contributed by atoms with Crippen LogP contribution in [0.5, 0.6) is 0 Å². The van der Waals surface area contributed by atoms with E-state index in [-0.39, 0.29) is 27.1 Å². The molecule has 0 atom stereocenters. The van der Waals surface area contributed by atoms with Gasteiger partial charge in [-0.1, -0.05) is 61.3 Å². The SMILES string of the molecule is Cc1ccc(-n2nc(C(C)C)cc2NC(=O)c2cc(S(=O)(=O)N(C)c3c(C)n(C)n(-c4ccccc4)c3=O)ccc2Cl)cc1. The van der Waals surface area contributed by atoms with Crippen molar-refractivity contribution in [1.29, 1.82) is 0 Å². The summed E-state index contributed by atoms with van der Waals surface area (Å²) >= 11 is 6.43. The molecule has 0 bridgehead atoms. The van der Waals surface area contributed by atoms with E-state index in [4.69, 9.17) is 11.6 Å². The average molecular weight is 633 g/mol. The molecule has 5 rings (SSSR count). The standard InChI is InChI=1S/C32H33ClN6O4S/c1-20(2)28-19-29(38(35-28)23-14-12-21(3)13-15-23)34-31(40)26-18-25(16-17-27(26)33)44(42,43)37(6)30-22(4)36(5)39(32(30)41)24-10-8-7-9-11-24/h7-20H,1-6H3,(H,34,40). The minimum absolute atomic E-state index is 0.0134. The van der Waals surface area contributed by atoms with Crippen molar-refractivity contribution in [2.75, 3.05) is 16.7 Å². The summed E-state index contributed by atoms with van der Waals surface area (Å²) in [6, 6.07) is 22.3. The molecule has 3 aromatic carbocycles. The molecular weight excluding hydrogens is 600 g/mol. The molecule has 228 valence electrons. The zero-order chi connectivity index (χ0) is 31.9.